The zero-order valence-electron chi connectivity index (χ0n) is 18.8. The molecule has 4 heteroatoms. The number of hydrogen-bond acceptors (Lipinski definition) is 3. The summed E-state index contributed by atoms with van der Waals surface area (Å²) in [4.78, 5) is 13.2. The molecule has 7 atom stereocenters. The first-order valence-corrected chi connectivity index (χ1v) is 12.0. The summed E-state index contributed by atoms with van der Waals surface area (Å²) < 4.78 is 20.0. The average Bonchev–Trinajstić information content (AvgIpc) is 3.08. The Balaban J connectivity index is 1.84. The van der Waals surface area contributed by atoms with Gasteiger partial charge in [-0.1, -0.05) is 55.8 Å². The molecule has 1 aromatic rings. The second kappa shape index (κ2) is 7.13. The van der Waals surface area contributed by atoms with Crippen LogP contribution in [0.3, 0.4) is 0 Å². The Bertz CT molecular complexity index is 991. The van der Waals surface area contributed by atoms with Crippen molar-refractivity contribution in [3.8, 4) is 0 Å². The Labute approximate surface area is 182 Å². The fraction of sp³-hybridized carbons (Fsp3) is 0.500. The molecular formula is C26H32O3S. The molecule has 0 spiro atoms. The molecule has 0 amide bonds. The van der Waals surface area contributed by atoms with Crippen molar-refractivity contribution in [2.24, 2.45) is 22.2 Å². The third kappa shape index (κ3) is 2.73. The molecule has 0 radical (unpaired) electrons. The van der Waals surface area contributed by atoms with Crippen molar-refractivity contribution in [2.75, 3.05) is 5.75 Å². The molecule has 2 unspecified atom stereocenters. The maximum atomic E-state index is 13.2. The monoisotopic (exact) mass is 424 g/mol. The van der Waals surface area contributed by atoms with Gasteiger partial charge in [0.2, 0.25) is 0 Å². The van der Waals surface area contributed by atoms with E-state index < -0.39 is 16.2 Å². The molecule has 160 valence electrons. The number of aldehydes is 1. The summed E-state index contributed by atoms with van der Waals surface area (Å²) in [7, 11) is -1.19. The molecule has 0 bridgehead atoms. The lowest BCUT2D eigenvalue weighted by Crippen LogP contribution is -2.53. The Morgan fingerprint density at radius 1 is 1.17 bits per heavy atom. The third-order valence-corrected chi connectivity index (χ3v) is 9.38. The predicted octanol–water partition coefficient (Wildman–Crippen LogP) is 5.26. The second-order valence-corrected chi connectivity index (χ2v) is 11.3. The van der Waals surface area contributed by atoms with Gasteiger partial charge in [-0.2, -0.15) is 0 Å². The zero-order chi connectivity index (χ0) is 21.9. The van der Waals surface area contributed by atoms with Gasteiger partial charge in [0.1, 0.15) is 6.29 Å². The van der Waals surface area contributed by atoms with Crippen LogP contribution >= 0.6 is 0 Å². The van der Waals surface area contributed by atoms with Gasteiger partial charge >= 0.3 is 0 Å². The van der Waals surface area contributed by atoms with Crippen molar-refractivity contribution in [2.45, 2.75) is 58.6 Å². The fourth-order valence-corrected chi connectivity index (χ4v) is 7.80. The van der Waals surface area contributed by atoms with Gasteiger partial charge in [0.25, 0.3) is 0 Å². The number of hydrogen-bond donors (Lipinski definition) is 0. The molecule has 0 aromatic heterocycles. The molecule has 2 aliphatic carbocycles. The third-order valence-electron chi connectivity index (χ3n) is 7.99. The smallest absolute Gasteiger partial charge is 0.130 e. The topological polar surface area (TPSA) is 43.4 Å². The van der Waals surface area contributed by atoms with Crippen LogP contribution in [0.4, 0.5) is 0 Å². The first-order chi connectivity index (χ1) is 14.1. The van der Waals surface area contributed by atoms with Crippen LogP contribution in [0.1, 0.15) is 41.5 Å². The molecule has 30 heavy (non-hydrogen) atoms. The standard InChI is InChI=1S/C26H32O3S/c1-7-17(2)22-25(5)13-18(3)21-24(4,16-27)14-19(23(29-22)26(21,25)6)15-30(28)20-11-9-8-10-12-20/h7-14,16,21-23H,15H2,1-6H3/b17-7+/t21-,22+,23?,24+,25+,26-,30?/m1/s1. The Morgan fingerprint density at radius 2 is 1.83 bits per heavy atom. The normalized spacial score (nSPS) is 41.1. The zero-order valence-corrected chi connectivity index (χ0v) is 19.6. The summed E-state index contributed by atoms with van der Waals surface area (Å²) in [6.45, 7) is 12.9. The summed E-state index contributed by atoms with van der Waals surface area (Å²) in [5.41, 5.74) is 2.33. The van der Waals surface area contributed by atoms with E-state index in [1.165, 1.54) is 11.1 Å². The van der Waals surface area contributed by atoms with Gasteiger partial charge in [-0.25, -0.2) is 0 Å². The highest BCUT2D eigenvalue weighted by Crippen LogP contribution is 2.71. The van der Waals surface area contributed by atoms with Crippen LogP contribution in [0, 0.1) is 22.2 Å². The van der Waals surface area contributed by atoms with E-state index in [9.17, 15) is 9.00 Å². The van der Waals surface area contributed by atoms with Crippen LogP contribution in [0.15, 0.2) is 70.2 Å². The van der Waals surface area contributed by atoms with E-state index in [0.717, 1.165) is 16.8 Å². The minimum Gasteiger partial charge on any atom is -0.365 e. The van der Waals surface area contributed by atoms with Gasteiger partial charge in [0, 0.05) is 27.1 Å². The van der Waals surface area contributed by atoms with Gasteiger partial charge in [0.15, 0.2) is 0 Å². The summed E-state index contributed by atoms with van der Waals surface area (Å²) in [6.07, 6.45) is 7.40. The Morgan fingerprint density at radius 3 is 2.43 bits per heavy atom. The van der Waals surface area contributed by atoms with E-state index >= 15 is 0 Å². The minimum atomic E-state index is -1.19. The van der Waals surface area contributed by atoms with Gasteiger partial charge in [-0.3, -0.25) is 4.21 Å². The van der Waals surface area contributed by atoms with Crippen molar-refractivity contribution in [1.82, 2.24) is 0 Å². The van der Waals surface area contributed by atoms with E-state index in [0.29, 0.717) is 5.75 Å². The van der Waals surface area contributed by atoms with Crippen molar-refractivity contribution < 1.29 is 13.7 Å². The van der Waals surface area contributed by atoms with Crippen molar-refractivity contribution in [3.63, 3.8) is 0 Å². The van der Waals surface area contributed by atoms with Crippen LogP contribution in [0.5, 0.6) is 0 Å². The highest BCUT2D eigenvalue weighted by molar-refractivity contribution is 7.85. The Kier molecular flexibility index (Phi) is 5.10. The summed E-state index contributed by atoms with van der Waals surface area (Å²) in [6, 6.07) is 9.55. The van der Waals surface area contributed by atoms with E-state index in [4.69, 9.17) is 4.74 Å². The number of rotatable bonds is 5. The van der Waals surface area contributed by atoms with Crippen molar-refractivity contribution >= 4 is 17.1 Å². The van der Waals surface area contributed by atoms with E-state index in [1.807, 2.05) is 44.2 Å². The molecule has 1 saturated heterocycles. The molecule has 1 aromatic carbocycles. The molecule has 1 heterocycles. The SMILES string of the molecule is C/C=C(\C)[C@@H]1OC2C(CS(=O)c3ccccc3)=C[C@@](C)(C=O)[C@H]3C(C)=C[C@]1(C)[C@@]23C. The summed E-state index contributed by atoms with van der Waals surface area (Å²) >= 11 is 0. The lowest BCUT2D eigenvalue weighted by Gasteiger charge is -2.51. The van der Waals surface area contributed by atoms with Crippen LogP contribution in [-0.4, -0.2) is 28.5 Å². The molecular weight excluding hydrogens is 392 g/mol. The summed E-state index contributed by atoms with van der Waals surface area (Å²) in [5.74, 6) is 0.456. The number of carbonyl (C=O) groups excluding carboxylic acids is 1. The maximum absolute atomic E-state index is 13.2. The van der Waals surface area contributed by atoms with Gasteiger partial charge in [-0.15, -0.1) is 0 Å². The van der Waals surface area contributed by atoms with Crippen LogP contribution in [0.2, 0.25) is 0 Å². The molecule has 1 fully saturated rings. The Hall–Kier alpha value is -1.78. The fourth-order valence-electron chi connectivity index (χ4n) is 6.63. The first kappa shape index (κ1) is 21.5. The van der Waals surface area contributed by atoms with E-state index in [2.05, 4.69) is 45.9 Å². The first-order valence-electron chi connectivity index (χ1n) is 10.7. The predicted molar refractivity (Wildman–Crippen MR) is 122 cm³/mol. The largest absolute Gasteiger partial charge is 0.365 e. The minimum absolute atomic E-state index is 0.0555. The number of allylic oxidation sites excluding steroid dienone is 3. The van der Waals surface area contributed by atoms with Gasteiger partial charge < -0.3 is 9.53 Å². The number of ether oxygens (including phenoxy) is 1. The van der Waals surface area contributed by atoms with Crippen LogP contribution in [-0.2, 0) is 20.3 Å². The molecule has 3 aliphatic rings. The summed E-state index contributed by atoms with van der Waals surface area (Å²) in [5, 5.41) is 0. The molecule has 3 nitrogen and oxygen atoms in total. The quantitative estimate of drug-likeness (QED) is 0.478. The van der Waals surface area contributed by atoms with E-state index in [1.54, 1.807) is 0 Å². The van der Waals surface area contributed by atoms with Crippen LogP contribution < -0.4 is 0 Å². The van der Waals surface area contributed by atoms with E-state index in [-0.39, 0.29) is 29.0 Å². The lowest BCUT2D eigenvalue weighted by molar-refractivity contribution is -0.119. The molecule has 1 aliphatic heterocycles. The highest BCUT2D eigenvalue weighted by atomic mass is 32.2. The molecule has 0 saturated carbocycles. The van der Waals surface area contributed by atoms with Crippen molar-refractivity contribution in [1.29, 1.82) is 0 Å². The molecule has 4 rings (SSSR count). The number of benzene rings is 1. The maximum Gasteiger partial charge on any atom is 0.130 e. The van der Waals surface area contributed by atoms with Gasteiger partial charge in [0.05, 0.1) is 28.8 Å². The average molecular weight is 425 g/mol. The highest BCUT2D eigenvalue weighted by Gasteiger charge is 2.71. The van der Waals surface area contributed by atoms with Crippen molar-refractivity contribution in [3.05, 3.63) is 65.3 Å². The number of carbonyl (C=O) groups is 1. The van der Waals surface area contributed by atoms with Gasteiger partial charge in [-0.05, 0) is 51.0 Å². The lowest BCUT2D eigenvalue weighted by atomic mass is 9.50. The second-order valence-electron chi connectivity index (χ2n) is 9.82. The molecule has 0 N–H and O–H groups in total. The van der Waals surface area contributed by atoms with Crippen LogP contribution in [0.25, 0.3) is 0 Å².